The second kappa shape index (κ2) is 6.44. The van der Waals surface area contributed by atoms with E-state index in [-0.39, 0.29) is 24.7 Å². The molecule has 1 amide bonds. The third kappa shape index (κ3) is 3.62. The number of halogens is 1. The van der Waals surface area contributed by atoms with Crippen molar-refractivity contribution in [2.75, 3.05) is 19.7 Å². The van der Waals surface area contributed by atoms with Crippen LogP contribution in [-0.4, -0.2) is 47.7 Å². The lowest BCUT2D eigenvalue weighted by atomic mass is 9.83. The molecule has 6 heteroatoms. The van der Waals surface area contributed by atoms with Crippen LogP contribution in [0.15, 0.2) is 24.3 Å². The Balaban J connectivity index is 2.13. The molecule has 1 saturated heterocycles. The summed E-state index contributed by atoms with van der Waals surface area (Å²) in [4.78, 5) is 25.1. The minimum absolute atomic E-state index is 0.135. The van der Waals surface area contributed by atoms with Crippen molar-refractivity contribution in [3.05, 3.63) is 35.6 Å². The zero-order chi connectivity index (χ0) is 16.3. The average Bonchev–Trinajstić information content (AvgIpc) is 2.46. The molecule has 120 valence electrons. The molecule has 5 nitrogen and oxygen atoms in total. The van der Waals surface area contributed by atoms with Crippen LogP contribution >= 0.6 is 0 Å². The molecule has 1 atom stereocenters. The topological polar surface area (TPSA) is 66.8 Å². The van der Waals surface area contributed by atoms with Gasteiger partial charge in [0, 0.05) is 13.1 Å². The third-order valence-electron chi connectivity index (χ3n) is 3.91. The Morgan fingerprint density at radius 3 is 2.82 bits per heavy atom. The fourth-order valence-electron chi connectivity index (χ4n) is 2.62. The number of rotatable bonds is 4. The van der Waals surface area contributed by atoms with Crippen molar-refractivity contribution in [3.63, 3.8) is 0 Å². The standard InChI is InChI=1S/C16H20FNO4/c1-16(2,11-4-3-5-12(17)8-11)15(21)18-6-7-22-13(10-18)9-14(19)20/h3-5,8,13H,6-7,9-10H2,1-2H3,(H,19,20). The number of carbonyl (C=O) groups is 2. The van der Waals surface area contributed by atoms with E-state index in [9.17, 15) is 14.0 Å². The number of carboxylic acids is 1. The minimum Gasteiger partial charge on any atom is -0.481 e. The summed E-state index contributed by atoms with van der Waals surface area (Å²) in [6.45, 7) is 4.44. The maximum atomic E-state index is 13.4. The van der Waals surface area contributed by atoms with Gasteiger partial charge in [0.25, 0.3) is 0 Å². The second-order valence-corrected chi connectivity index (χ2v) is 5.98. The van der Waals surface area contributed by atoms with Gasteiger partial charge in [-0.3, -0.25) is 9.59 Å². The molecule has 0 aliphatic carbocycles. The van der Waals surface area contributed by atoms with Crippen LogP contribution in [0, 0.1) is 5.82 Å². The Morgan fingerprint density at radius 1 is 1.45 bits per heavy atom. The number of aliphatic carboxylic acids is 1. The van der Waals surface area contributed by atoms with Crippen molar-refractivity contribution in [3.8, 4) is 0 Å². The molecule has 0 saturated carbocycles. The maximum Gasteiger partial charge on any atom is 0.306 e. The largest absolute Gasteiger partial charge is 0.481 e. The summed E-state index contributed by atoms with van der Waals surface area (Å²) in [6, 6.07) is 5.98. The van der Waals surface area contributed by atoms with Crippen LogP contribution in [-0.2, 0) is 19.7 Å². The van der Waals surface area contributed by atoms with E-state index < -0.39 is 17.5 Å². The molecule has 1 N–H and O–H groups in total. The first-order valence-corrected chi connectivity index (χ1v) is 7.19. The number of benzene rings is 1. The van der Waals surface area contributed by atoms with Gasteiger partial charge in [0.05, 0.1) is 24.5 Å². The zero-order valence-corrected chi connectivity index (χ0v) is 12.7. The highest BCUT2D eigenvalue weighted by atomic mass is 19.1. The van der Waals surface area contributed by atoms with Crippen LogP contribution in [0.1, 0.15) is 25.8 Å². The number of hydrogen-bond acceptors (Lipinski definition) is 3. The van der Waals surface area contributed by atoms with Crippen molar-refractivity contribution in [1.82, 2.24) is 4.90 Å². The molecule has 22 heavy (non-hydrogen) atoms. The maximum absolute atomic E-state index is 13.4. The molecular weight excluding hydrogens is 289 g/mol. The zero-order valence-electron chi connectivity index (χ0n) is 12.7. The van der Waals surface area contributed by atoms with Gasteiger partial charge >= 0.3 is 5.97 Å². The van der Waals surface area contributed by atoms with Crippen LogP contribution in [0.2, 0.25) is 0 Å². The lowest BCUT2D eigenvalue weighted by Gasteiger charge is -2.37. The van der Waals surface area contributed by atoms with Crippen LogP contribution in [0.25, 0.3) is 0 Å². The lowest BCUT2D eigenvalue weighted by molar-refractivity contribution is -0.150. The number of carboxylic acid groups (broad SMARTS) is 1. The summed E-state index contributed by atoms with van der Waals surface area (Å²) in [6.07, 6.45) is -0.636. The molecule has 0 bridgehead atoms. The first-order valence-electron chi connectivity index (χ1n) is 7.19. The predicted octanol–water partition coefficient (Wildman–Crippen LogP) is 1.81. The molecule has 0 spiro atoms. The highest BCUT2D eigenvalue weighted by Crippen LogP contribution is 2.27. The first kappa shape index (κ1) is 16.4. The van der Waals surface area contributed by atoms with E-state index in [2.05, 4.69) is 0 Å². The van der Waals surface area contributed by atoms with E-state index >= 15 is 0 Å². The van der Waals surface area contributed by atoms with Crippen LogP contribution in [0.5, 0.6) is 0 Å². The third-order valence-corrected chi connectivity index (χ3v) is 3.91. The highest BCUT2D eigenvalue weighted by Gasteiger charge is 2.36. The second-order valence-electron chi connectivity index (χ2n) is 5.98. The molecule has 1 heterocycles. The number of nitrogens with zero attached hydrogens (tertiary/aromatic N) is 1. The van der Waals surface area contributed by atoms with E-state index in [1.807, 2.05) is 0 Å². The number of morpholine rings is 1. The van der Waals surface area contributed by atoms with Crippen molar-refractivity contribution in [1.29, 1.82) is 0 Å². The number of hydrogen-bond donors (Lipinski definition) is 1. The molecule has 1 aliphatic rings. The SMILES string of the molecule is CC(C)(C(=O)N1CCOC(CC(=O)O)C1)c1cccc(F)c1. The van der Waals surface area contributed by atoms with E-state index in [0.717, 1.165) is 0 Å². The summed E-state index contributed by atoms with van der Waals surface area (Å²) >= 11 is 0. The Hall–Kier alpha value is -1.95. The van der Waals surface area contributed by atoms with Crippen LogP contribution in [0.3, 0.4) is 0 Å². The fraction of sp³-hybridized carbons (Fsp3) is 0.500. The van der Waals surface area contributed by atoms with Gasteiger partial charge in [0.2, 0.25) is 5.91 Å². The van der Waals surface area contributed by atoms with Gasteiger partial charge in [0.1, 0.15) is 5.82 Å². The smallest absolute Gasteiger partial charge is 0.306 e. The van der Waals surface area contributed by atoms with Crippen molar-refractivity contribution >= 4 is 11.9 Å². The first-order chi connectivity index (χ1) is 10.3. The van der Waals surface area contributed by atoms with Crippen molar-refractivity contribution in [2.24, 2.45) is 0 Å². The lowest BCUT2D eigenvalue weighted by Crippen LogP contribution is -2.51. The normalized spacial score (nSPS) is 19.0. The summed E-state index contributed by atoms with van der Waals surface area (Å²) in [7, 11) is 0. The van der Waals surface area contributed by atoms with Gasteiger partial charge in [0.15, 0.2) is 0 Å². The van der Waals surface area contributed by atoms with E-state index in [0.29, 0.717) is 18.7 Å². The summed E-state index contributed by atoms with van der Waals surface area (Å²) in [5.74, 6) is -1.50. The van der Waals surface area contributed by atoms with Crippen LogP contribution < -0.4 is 0 Å². The summed E-state index contributed by atoms with van der Waals surface area (Å²) in [5, 5.41) is 8.83. The molecule has 1 aromatic carbocycles. The van der Waals surface area contributed by atoms with Gasteiger partial charge < -0.3 is 14.7 Å². The highest BCUT2D eigenvalue weighted by molar-refractivity contribution is 5.87. The Morgan fingerprint density at radius 2 is 2.18 bits per heavy atom. The Kier molecular flexibility index (Phi) is 4.81. The Bertz CT molecular complexity index is 573. The number of ether oxygens (including phenoxy) is 1. The number of carbonyl (C=O) groups excluding carboxylic acids is 1. The molecule has 1 fully saturated rings. The molecule has 1 aromatic rings. The molecule has 0 radical (unpaired) electrons. The fourth-order valence-corrected chi connectivity index (χ4v) is 2.62. The van der Waals surface area contributed by atoms with Crippen molar-refractivity contribution in [2.45, 2.75) is 31.8 Å². The molecular formula is C16H20FNO4. The summed E-state index contributed by atoms with van der Waals surface area (Å²) < 4.78 is 18.8. The summed E-state index contributed by atoms with van der Waals surface area (Å²) in [5.41, 5.74) is -0.286. The predicted molar refractivity (Wildman–Crippen MR) is 78.0 cm³/mol. The molecule has 1 unspecified atom stereocenters. The van der Waals surface area contributed by atoms with Gasteiger partial charge in [-0.05, 0) is 31.5 Å². The number of amides is 1. The van der Waals surface area contributed by atoms with Gasteiger partial charge in [-0.2, -0.15) is 0 Å². The van der Waals surface area contributed by atoms with Gasteiger partial charge in [-0.25, -0.2) is 4.39 Å². The molecule has 0 aromatic heterocycles. The molecule has 1 aliphatic heterocycles. The quantitative estimate of drug-likeness (QED) is 0.921. The average molecular weight is 309 g/mol. The Labute approximate surface area is 128 Å². The van der Waals surface area contributed by atoms with Crippen LogP contribution in [0.4, 0.5) is 4.39 Å². The van der Waals surface area contributed by atoms with E-state index in [1.165, 1.54) is 12.1 Å². The van der Waals surface area contributed by atoms with E-state index in [1.54, 1.807) is 30.9 Å². The molecule has 2 rings (SSSR count). The van der Waals surface area contributed by atoms with Crippen molar-refractivity contribution < 1.29 is 23.8 Å². The van der Waals surface area contributed by atoms with Gasteiger partial charge in [-0.15, -0.1) is 0 Å². The monoisotopic (exact) mass is 309 g/mol. The van der Waals surface area contributed by atoms with Gasteiger partial charge in [-0.1, -0.05) is 12.1 Å². The van der Waals surface area contributed by atoms with E-state index in [4.69, 9.17) is 9.84 Å². The minimum atomic E-state index is -0.955.